The largest absolute Gasteiger partial charge is 0.494 e. The summed E-state index contributed by atoms with van der Waals surface area (Å²) in [5.41, 5.74) is 2.41. The van der Waals surface area contributed by atoms with Crippen LogP contribution in [0.5, 0.6) is 5.75 Å². The zero-order valence-electron chi connectivity index (χ0n) is 14.9. The number of pyridine rings is 1. The summed E-state index contributed by atoms with van der Waals surface area (Å²) in [7, 11) is 0. The van der Waals surface area contributed by atoms with Crippen molar-refractivity contribution in [3.8, 4) is 5.75 Å². The summed E-state index contributed by atoms with van der Waals surface area (Å²) in [6.07, 6.45) is 4.94. The number of anilines is 1. The van der Waals surface area contributed by atoms with Crippen LogP contribution in [0.3, 0.4) is 0 Å². The summed E-state index contributed by atoms with van der Waals surface area (Å²) >= 11 is 0. The fraction of sp³-hybridized carbons (Fsp3) is 0.300. The minimum absolute atomic E-state index is 0.0269. The van der Waals surface area contributed by atoms with E-state index < -0.39 is 5.97 Å². The zero-order chi connectivity index (χ0) is 19.0. The van der Waals surface area contributed by atoms with Crippen molar-refractivity contribution in [3.05, 3.63) is 59.7 Å². The molecule has 0 amide bonds. The van der Waals surface area contributed by atoms with Crippen LogP contribution in [-0.2, 0) is 0 Å². The van der Waals surface area contributed by atoms with E-state index in [0.29, 0.717) is 17.9 Å². The predicted molar refractivity (Wildman–Crippen MR) is 99.0 cm³/mol. The number of aromatic nitrogens is 2. The van der Waals surface area contributed by atoms with Gasteiger partial charge in [0, 0.05) is 24.0 Å². The first-order valence-electron chi connectivity index (χ1n) is 8.98. The highest BCUT2D eigenvalue weighted by molar-refractivity contribution is 5.95. The first-order chi connectivity index (χ1) is 13.1. The molecule has 1 N–H and O–H groups in total. The van der Waals surface area contributed by atoms with E-state index in [2.05, 4.69) is 10.00 Å². The summed E-state index contributed by atoms with van der Waals surface area (Å²) in [5.74, 6) is -0.615. The van der Waals surface area contributed by atoms with Crippen LogP contribution in [0, 0.1) is 5.82 Å². The van der Waals surface area contributed by atoms with Crippen LogP contribution < -0.4 is 9.64 Å². The first-order valence-corrected chi connectivity index (χ1v) is 8.98. The van der Waals surface area contributed by atoms with E-state index in [4.69, 9.17) is 4.74 Å². The fourth-order valence-electron chi connectivity index (χ4n) is 3.78. The Morgan fingerprint density at radius 3 is 3.00 bits per heavy atom. The minimum atomic E-state index is -1.01. The number of carboxylic acids is 1. The van der Waals surface area contributed by atoms with Crippen LogP contribution in [0.2, 0.25) is 0 Å². The Balaban J connectivity index is 1.76. The van der Waals surface area contributed by atoms with E-state index in [1.807, 2.05) is 19.1 Å². The third kappa shape index (κ3) is 3.09. The highest BCUT2D eigenvalue weighted by atomic mass is 19.1. The molecule has 0 bridgehead atoms. The van der Waals surface area contributed by atoms with Crippen LogP contribution in [0.15, 0.2) is 42.7 Å². The fourth-order valence-corrected chi connectivity index (χ4v) is 3.78. The number of carbonyl (C=O) groups is 1. The third-order valence-electron chi connectivity index (χ3n) is 4.95. The molecule has 1 aliphatic heterocycles. The number of fused-ring (bicyclic) bond motifs is 1. The van der Waals surface area contributed by atoms with Gasteiger partial charge in [0.25, 0.3) is 0 Å². The molecule has 0 radical (unpaired) electrons. The molecule has 6 nitrogen and oxygen atoms in total. The quantitative estimate of drug-likeness (QED) is 0.739. The molecule has 4 rings (SSSR count). The van der Waals surface area contributed by atoms with Crippen LogP contribution >= 0.6 is 0 Å². The lowest BCUT2D eigenvalue weighted by molar-refractivity contribution is 0.0699. The molecule has 27 heavy (non-hydrogen) atoms. The van der Waals surface area contributed by atoms with Crippen LogP contribution in [0.25, 0.3) is 5.52 Å². The molecule has 7 heteroatoms. The summed E-state index contributed by atoms with van der Waals surface area (Å²) in [5, 5.41) is 13.4. The number of hydrogen-bond donors (Lipinski definition) is 1. The van der Waals surface area contributed by atoms with Crippen molar-refractivity contribution in [2.45, 2.75) is 25.8 Å². The normalized spacial score (nSPS) is 16.8. The van der Waals surface area contributed by atoms with Crippen molar-refractivity contribution < 1.29 is 19.0 Å². The van der Waals surface area contributed by atoms with Gasteiger partial charge in [0.15, 0.2) is 0 Å². The van der Waals surface area contributed by atoms with Crippen molar-refractivity contribution >= 4 is 17.2 Å². The van der Waals surface area contributed by atoms with Gasteiger partial charge in [-0.05, 0) is 50.1 Å². The van der Waals surface area contributed by atoms with Gasteiger partial charge in [-0.25, -0.2) is 13.7 Å². The molecule has 1 aliphatic rings. The van der Waals surface area contributed by atoms with Gasteiger partial charge in [0.2, 0.25) is 0 Å². The van der Waals surface area contributed by atoms with Gasteiger partial charge in [-0.2, -0.15) is 5.10 Å². The smallest absolute Gasteiger partial charge is 0.339 e. The molecule has 1 saturated heterocycles. The Morgan fingerprint density at radius 1 is 1.37 bits per heavy atom. The molecule has 0 spiro atoms. The number of carboxylic acid groups (broad SMARTS) is 1. The van der Waals surface area contributed by atoms with Crippen molar-refractivity contribution in [1.29, 1.82) is 0 Å². The lowest BCUT2D eigenvalue weighted by Crippen LogP contribution is -2.23. The summed E-state index contributed by atoms with van der Waals surface area (Å²) in [6.45, 7) is 3.22. The molecule has 3 heterocycles. The van der Waals surface area contributed by atoms with Gasteiger partial charge in [-0.3, -0.25) is 0 Å². The van der Waals surface area contributed by atoms with Crippen molar-refractivity contribution in [3.63, 3.8) is 0 Å². The number of ether oxygens (including phenoxy) is 1. The average Bonchev–Trinajstić information content (AvgIpc) is 3.29. The van der Waals surface area contributed by atoms with Gasteiger partial charge in [-0.1, -0.05) is 0 Å². The van der Waals surface area contributed by atoms with Gasteiger partial charge in [0.1, 0.15) is 17.1 Å². The Hall–Kier alpha value is -3.09. The Bertz CT molecular complexity index is 1000. The van der Waals surface area contributed by atoms with Crippen molar-refractivity contribution in [1.82, 2.24) is 9.61 Å². The summed E-state index contributed by atoms with van der Waals surface area (Å²) in [4.78, 5) is 13.6. The lowest BCUT2D eigenvalue weighted by atomic mass is 10.0. The SMILES string of the molecule is CCOc1ccc(F)cc1[C@H]1CCCN1c1ccn2ncc(C(=O)O)c2c1. The van der Waals surface area contributed by atoms with Gasteiger partial charge in [-0.15, -0.1) is 0 Å². The zero-order valence-corrected chi connectivity index (χ0v) is 14.9. The predicted octanol–water partition coefficient (Wildman–Crippen LogP) is 3.91. The number of benzene rings is 1. The maximum atomic E-state index is 13.9. The second-order valence-corrected chi connectivity index (χ2v) is 6.54. The van der Waals surface area contributed by atoms with Crippen molar-refractivity contribution in [2.24, 2.45) is 0 Å². The van der Waals surface area contributed by atoms with E-state index in [1.165, 1.54) is 18.3 Å². The maximum absolute atomic E-state index is 13.9. The molecule has 0 saturated carbocycles. The lowest BCUT2D eigenvalue weighted by Gasteiger charge is -2.28. The molecule has 140 valence electrons. The van der Waals surface area contributed by atoms with E-state index in [9.17, 15) is 14.3 Å². The molecular formula is C20H20FN3O3. The molecule has 2 aromatic heterocycles. The third-order valence-corrected chi connectivity index (χ3v) is 4.95. The monoisotopic (exact) mass is 369 g/mol. The van der Waals surface area contributed by atoms with Crippen LogP contribution in [0.4, 0.5) is 10.1 Å². The number of nitrogens with zero attached hydrogens (tertiary/aromatic N) is 3. The Morgan fingerprint density at radius 2 is 2.22 bits per heavy atom. The molecule has 1 fully saturated rings. The van der Waals surface area contributed by atoms with E-state index in [1.54, 1.807) is 16.8 Å². The number of hydrogen-bond acceptors (Lipinski definition) is 4. The minimum Gasteiger partial charge on any atom is -0.494 e. The van der Waals surface area contributed by atoms with Crippen LogP contribution in [-0.4, -0.2) is 33.8 Å². The average molecular weight is 369 g/mol. The Labute approximate surface area is 155 Å². The topological polar surface area (TPSA) is 67.1 Å². The summed E-state index contributed by atoms with van der Waals surface area (Å²) in [6, 6.07) is 8.32. The number of halogens is 1. The highest BCUT2D eigenvalue weighted by Gasteiger charge is 2.29. The molecular weight excluding hydrogens is 349 g/mol. The first kappa shape index (κ1) is 17.3. The Kier molecular flexibility index (Phi) is 4.43. The maximum Gasteiger partial charge on any atom is 0.339 e. The molecule has 1 atom stereocenters. The second-order valence-electron chi connectivity index (χ2n) is 6.54. The van der Waals surface area contributed by atoms with E-state index >= 15 is 0 Å². The molecule has 0 aliphatic carbocycles. The van der Waals surface area contributed by atoms with Gasteiger partial charge < -0.3 is 14.7 Å². The molecule has 0 unspecified atom stereocenters. The van der Waals surface area contributed by atoms with Crippen LogP contribution in [0.1, 0.15) is 41.7 Å². The standard InChI is InChI=1S/C20H20FN3O3/c1-2-27-19-6-5-13(21)10-15(19)17-4-3-8-23(17)14-7-9-24-18(11-14)16(12-22-24)20(25)26/h5-7,9-12,17H,2-4,8H2,1H3,(H,25,26)/t17-/m1/s1. The van der Waals surface area contributed by atoms with E-state index in [0.717, 1.165) is 30.6 Å². The highest BCUT2D eigenvalue weighted by Crippen LogP contribution is 2.40. The van der Waals surface area contributed by atoms with Gasteiger partial charge in [0.05, 0.1) is 24.4 Å². The molecule has 1 aromatic carbocycles. The van der Waals surface area contributed by atoms with Gasteiger partial charge >= 0.3 is 5.97 Å². The molecule has 3 aromatic rings. The second kappa shape index (κ2) is 6.90. The van der Waals surface area contributed by atoms with Crippen molar-refractivity contribution in [2.75, 3.05) is 18.1 Å². The number of aromatic carboxylic acids is 1. The summed E-state index contributed by atoms with van der Waals surface area (Å²) < 4.78 is 21.2. The number of rotatable bonds is 5. The van der Waals surface area contributed by atoms with E-state index in [-0.39, 0.29) is 17.4 Å².